The minimum Gasteiger partial charge on any atom is -0.469 e. The molecular weight excluding hydrogens is 518 g/mol. The number of methoxy groups -OCH3 is 1. The van der Waals surface area contributed by atoms with Gasteiger partial charge in [0.1, 0.15) is 17.0 Å². The molecule has 0 aliphatic heterocycles. The number of ether oxygens (including phenoxy) is 1. The molecule has 2 aromatic heterocycles. The van der Waals surface area contributed by atoms with Crippen LogP contribution in [-0.2, 0) is 20.7 Å². The number of rotatable bonds is 11. The van der Waals surface area contributed by atoms with Crippen LogP contribution in [0, 0.1) is 18.6 Å². The molecule has 2 heterocycles. The van der Waals surface area contributed by atoms with E-state index >= 15 is 0 Å². The van der Waals surface area contributed by atoms with Crippen molar-refractivity contribution in [1.29, 1.82) is 0 Å². The van der Waals surface area contributed by atoms with Crippen molar-refractivity contribution in [3.8, 4) is 11.3 Å². The van der Waals surface area contributed by atoms with Crippen LogP contribution >= 0.6 is 0 Å². The van der Waals surface area contributed by atoms with Gasteiger partial charge in [-0.15, -0.1) is 0 Å². The lowest BCUT2D eigenvalue weighted by Crippen LogP contribution is -2.26. The molecule has 0 atom stereocenters. The number of aromatic nitrogens is 4. The van der Waals surface area contributed by atoms with Gasteiger partial charge in [-0.05, 0) is 63.4 Å². The van der Waals surface area contributed by atoms with E-state index in [1.54, 1.807) is 37.3 Å². The standard InChI is InChI=1S/C29H32F2N6O3/c1-17(2)37-18(3)34-28-22(30)14-20(15-24(28)37)27-23(31)16-33-29(36-27)35-21-10-8-19(9-11-21)13-25(38)32-12-6-5-7-26(39)40-4/h8-11,14-17H,5-7,12-13H2,1-4H3,(H,32,38)(H,33,35,36). The van der Waals surface area contributed by atoms with Crippen molar-refractivity contribution in [3.63, 3.8) is 0 Å². The molecule has 1 amide bonds. The second-order valence-corrected chi connectivity index (χ2v) is 9.72. The Morgan fingerprint density at radius 2 is 1.80 bits per heavy atom. The summed E-state index contributed by atoms with van der Waals surface area (Å²) in [5.74, 6) is -0.802. The Morgan fingerprint density at radius 3 is 2.50 bits per heavy atom. The number of hydrogen-bond acceptors (Lipinski definition) is 7. The highest BCUT2D eigenvalue weighted by molar-refractivity contribution is 5.83. The van der Waals surface area contributed by atoms with Crippen LogP contribution in [0.15, 0.2) is 42.6 Å². The third-order valence-electron chi connectivity index (χ3n) is 6.39. The SMILES string of the molecule is COC(=O)CCCCNC(=O)Cc1ccc(Nc2ncc(F)c(-c3cc(F)c4nc(C)n(C(C)C)c4c3)n2)cc1. The zero-order chi connectivity index (χ0) is 28.8. The average Bonchev–Trinajstić information content (AvgIpc) is 3.27. The molecule has 0 saturated carbocycles. The number of nitrogens with zero attached hydrogens (tertiary/aromatic N) is 4. The smallest absolute Gasteiger partial charge is 0.305 e. The van der Waals surface area contributed by atoms with Crippen LogP contribution in [0.5, 0.6) is 0 Å². The van der Waals surface area contributed by atoms with Gasteiger partial charge in [0.2, 0.25) is 11.9 Å². The molecule has 0 radical (unpaired) electrons. The molecule has 9 nitrogen and oxygen atoms in total. The Bertz CT molecular complexity index is 1520. The Kier molecular flexibility index (Phi) is 9.03. The maximum absolute atomic E-state index is 14.9. The fourth-order valence-electron chi connectivity index (χ4n) is 4.49. The maximum atomic E-state index is 14.9. The predicted octanol–water partition coefficient (Wildman–Crippen LogP) is 5.41. The van der Waals surface area contributed by atoms with Crippen LogP contribution in [0.25, 0.3) is 22.3 Å². The van der Waals surface area contributed by atoms with Gasteiger partial charge in [-0.25, -0.2) is 23.7 Å². The van der Waals surface area contributed by atoms with Crippen molar-refractivity contribution < 1.29 is 23.1 Å². The summed E-state index contributed by atoms with van der Waals surface area (Å²) in [6.07, 6.45) is 2.91. The third-order valence-corrected chi connectivity index (χ3v) is 6.39. The summed E-state index contributed by atoms with van der Waals surface area (Å²) in [6, 6.07) is 10.1. The van der Waals surface area contributed by atoms with Crippen molar-refractivity contribution in [2.45, 2.75) is 52.5 Å². The summed E-state index contributed by atoms with van der Waals surface area (Å²) in [5, 5.41) is 5.87. The summed E-state index contributed by atoms with van der Waals surface area (Å²) in [6.45, 7) is 6.23. The first kappa shape index (κ1) is 28.6. The molecule has 4 rings (SSSR count). The molecule has 0 aliphatic carbocycles. The summed E-state index contributed by atoms with van der Waals surface area (Å²) in [4.78, 5) is 36.0. The van der Waals surface area contributed by atoms with Gasteiger partial charge in [-0.1, -0.05) is 12.1 Å². The van der Waals surface area contributed by atoms with Gasteiger partial charge in [-0.2, -0.15) is 0 Å². The summed E-state index contributed by atoms with van der Waals surface area (Å²) < 4.78 is 36.2. The molecular formula is C29H32F2N6O3. The van der Waals surface area contributed by atoms with Gasteiger partial charge < -0.3 is 19.9 Å². The van der Waals surface area contributed by atoms with Gasteiger partial charge in [0.25, 0.3) is 0 Å². The Balaban J connectivity index is 1.42. The molecule has 0 saturated heterocycles. The first-order valence-corrected chi connectivity index (χ1v) is 13.1. The van der Waals surface area contributed by atoms with Crippen LogP contribution in [0.2, 0.25) is 0 Å². The number of esters is 1. The van der Waals surface area contributed by atoms with E-state index in [0.29, 0.717) is 42.8 Å². The highest BCUT2D eigenvalue weighted by Gasteiger charge is 2.18. The molecule has 0 bridgehead atoms. The van der Waals surface area contributed by atoms with E-state index in [1.807, 2.05) is 18.4 Å². The van der Waals surface area contributed by atoms with Crippen LogP contribution in [0.1, 0.15) is 50.5 Å². The van der Waals surface area contributed by atoms with Gasteiger partial charge in [0, 0.05) is 30.3 Å². The number of anilines is 2. The molecule has 0 spiro atoms. The number of amides is 1. The van der Waals surface area contributed by atoms with Crippen LogP contribution in [-0.4, -0.2) is 45.1 Å². The zero-order valence-corrected chi connectivity index (χ0v) is 22.9. The Hall–Kier alpha value is -4.41. The topological polar surface area (TPSA) is 111 Å². The lowest BCUT2D eigenvalue weighted by molar-refractivity contribution is -0.140. The summed E-state index contributed by atoms with van der Waals surface area (Å²) in [7, 11) is 1.35. The van der Waals surface area contributed by atoms with Crippen molar-refractivity contribution in [2.75, 3.05) is 19.0 Å². The second kappa shape index (κ2) is 12.6. The molecule has 4 aromatic rings. The first-order valence-electron chi connectivity index (χ1n) is 13.1. The lowest BCUT2D eigenvalue weighted by atomic mass is 10.1. The minimum absolute atomic E-state index is 0.0349. The van der Waals surface area contributed by atoms with Crippen molar-refractivity contribution in [1.82, 2.24) is 24.8 Å². The van der Waals surface area contributed by atoms with Crippen LogP contribution in [0.3, 0.4) is 0 Å². The van der Waals surface area contributed by atoms with E-state index in [9.17, 15) is 18.4 Å². The number of aryl methyl sites for hydroxylation is 1. The Morgan fingerprint density at radius 1 is 1.05 bits per heavy atom. The molecule has 210 valence electrons. The van der Waals surface area contributed by atoms with E-state index in [1.165, 1.54) is 13.2 Å². The highest BCUT2D eigenvalue weighted by atomic mass is 19.1. The number of carbonyl (C=O) groups excluding carboxylic acids is 2. The number of imidazole rings is 1. The number of halogens is 2. The molecule has 40 heavy (non-hydrogen) atoms. The second-order valence-electron chi connectivity index (χ2n) is 9.72. The Labute approximate surface area is 231 Å². The van der Waals surface area contributed by atoms with Gasteiger partial charge in [0.05, 0.1) is 25.2 Å². The van der Waals surface area contributed by atoms with Gasteiger partial charge in [-0.3, -0.25) is 9.59 Å². The normalized spacial score (nSPS) is 11.2. The first-order chi connectivity index (χ1) is 19.2. The summed E-state index contributed by atoms with van der Waals surface area (Å²) >= 11 is 0. The quantitative estimate of drug-likeness (QED) is 0.190. The van der Waals surface area contributed by atoms with Gasteiger partial charge in [0.15, 0.2) is 11.6 Å². The van der Waals surface area contributed by atoms with E-state index in [2.05, 4.69) is 30.3 Å². The van der Waals surface area contributed by atoms with Crippen LogP contribution in [0.4, 0.5) is 20.4 Å². The lowest BCUT2D eigenvalue weighted by Gasteiger charge is -2.12. The van der Waals surface area contributed by atoms with E-state index in [-0.39, 0.29) is 47.1 Å². The monoisotopic (exact) mass is 550 g/mol. The van der Waals surface area contributed by atoms with E-state index < -0.39 is 11.6 Å². The fraction of sp³-hybridized carbons (Fsp3) is 0.345. The van der Waals surface area contributed by atoms with E-state index in [4.69, 9.17) is 0 Å². The third kappa shape index (κ3) is 6.77. The van der Waals surface area contributed by atoms with Crippen molar-refractivity contribution in [2.24, 2.45) is 0 Å². The molecule has 2 aromatic carbocycles. The number of benzene rings is 2. The number of nitrogens with one attached hydrogen (secondary N) is 2. The fourth-order valence-corrected chi connectivity index (χ4v) is 4.49. The van der Waals surface area contributed by atoms with E-state index in [0.717, 1.165) is 11.8 Å². The largest absolute Gasteiger partial charge is 0.469 e. The maximum Gasteiger partial charge on any atom is 0.305 e. The highest BCUT2D eigenvalue weighted by Crippen LogP contribution is 2.30. The number of fused-ring (bicyclic) bond motifs is 1. The average molecular weight is 551 g/mol. The number of unbranched alkanes of at least 4 members (excludes halogenated alkanes) is 1. The molecule has 0 fully saturated rings. The predicted molar refractivity (Wildman–Crippen MR) is 148 cm³/mol. The molecule has 0 unspecified atom stereocenters. The van der Waals surface area contributed by atoms with Crippen molar-refractivity contribution in [3.05, 3.63) is 65.6 Å². The zero-order valence-electron chi connectivity index (χ0n) is 22.9. The molecule has 11 heteroatoms. The minimum atomic E-state index is -0.678. The summed E-state index contributed by atoms with van der Waals surface area (Å²) in [5.41, 5.74) is 2.48. The van der Waals surface area contributed by atoms with Crippen molar-refractivity contribution >= 4 is 34.5 Å². The van der Waals surface area contributed by atoms with Gasteiger partial charge >= 0.3 is 5.97 Å². The molecule has 0 aliphatic rings. The number of carbonyl (C=O) groups is 2. The number of hydrogen-bond donors (Lipinski definition) is 2. The molecule has 2 N–H and O–H groups in total. The van der Waals surface area contributed by atoms with Crippen LogP contribution < -0.4 is 10.6 Å².